The Morgan fingerprint density at radius 1 is 0.880 bits per heavy atom. The highest BCUT2D eigenvalue weighted by Gasteiger charge is 2.11. The van der Waals surface area contributed by atoms with Crippen LogP contribution in [0.1, 0.15) is 5.56 Å². The molecular weight excluding hydrogens is 313 g/mol. The lowest BCUT2D eigenvalue weighted by Gasteiger charge is -2.11. The first-order chi connectivity index (χ1) is 12.1. The van der Waals surface area contributed by atoms with Crippen molar-refractivity contribution in [2.45, 2.75) is 6.92 Å². The number of benzene rings is 2. The number of nitrogens with two attached hydrogens (primary N) is 1. The summed E-state index contributed by atoms with van der Waals surface area (Å²) in [7, 11) is 0. The number of aromatic nitrogens is 2. The predicted molar refractivity (Wildman–Crippen MR) is 99.5 cm³/mol. The number of nitrogen functional groups attached to an aromatic ring is 1. The van der Waals surface area contributed by atoms with Crippen LogP contribution in [-0.2, 0) is 0 Å². The molecule has 122 valence electrons. The van der Waals surface area contributed by atoms with Crippen molar-refractivity contribution in [2.24, 2.45) is 0 Å². The van der Waals surface area contributed by atoms with Gasteiger partial charge in [-0.2, -0.15) is 0 Å². The van der Waals surface area contributed by atoms with E-state index >= 15 is 0 Å². The molecule has 4 aromatic rings. The smallest absolute Gasteiger partial charge is 0.126 e. The molecule has 2 aromatic heterocycles. The lowest BCUT2D eigenvalue weighted by atomic mass is 9.97. The molecule has 0 unspecified atom stereocenters. The molecule has 0 fully saturated rings. The number of hydrogen-bond donors (Lipinski definition) is 1. The second-order valence-electron chi connectivity index (χ2n) is 6.00. The van der Waals surface area contributed by atoms with E-state index in [1.807, 2.05) is 36.4 Å². The largest absolute Gasteiger partial charge is 0.398 e. The Labute approximate surface area is 145 Å². The van der Waals surface area contributed by atoms with E-state index in [2.05, 4.69) is 9.97 Å². The Kier molecular flexibility index (Phi) is 3.65. The fourth-order valence-corrected chi connectivity index (χ4v) is 3.00. The summed E-state index contributed by atoms with van der Waals surface area (Å²) in [6.45, 7) is 1.75. The minimum atomic E-state index is -0.217. The van der Waals surface area contributed by atoms with Crippen molar-refractivity contribution in [1.82, 2.24) is 9.97 Å². The van der Waals surface area contributed by atoms with E-state index in [0.29, 0.717) is 11.3 Å². The Morgan fingerprint density at radius 3 is 2.56 bits per heavy atom. The third kappa shape index (κ3) is 2.72. The fraction of sp³-hybridized carbons (Fsp3) is 0.0476. The molecule has 0 aliphatic heterocycles. The number of hydrogen-bond acceptors (Lipinski definition) is 3. The van der Waals surface area contributed by atoms with Gasteiger partial charge in [0.15, 0.2) is 0 Å². The molecule has 4 rings (SSSR count). The number of rotatable bonds is 2. The summed E-state index contributed by atoms with van der Waals surface area (Å²) in [4.78, 5) is 8.87. The van der Waals surface area contributed by atoms with Gasteiger partial charge in [0.2, 0.25) is 0 Å². The molecule has 2 aromatic carbocycles. The first kappa shape index (κ1) is 15.3. The first-order valence-corrected chi connectivity index (χ1v) is 7.99. The van der Waals surface area contributed by atoms with Crippen LogP contribution in [0.5, 0.6) is 0 Å². The van der Waals surface area contributed by atoms with Crippen LogP contribution >= 0.6 is 0 Å². The highest BCUT2D eigenvalue weighted by Crippen LogP contribution is 2.33. The highest BCUT2D eigenvalue weighted by molar-refractivity contribution is 5.94. The molecule has 4 heteroatoms. The molecule has 2 N–H and O–H groups in total. The number of anilines is 1. The van der Waals surface area contributed by atoms with Gasteiger partial charge in [-0.15, -0.1) is 0 Å². The van der Waals surface area contributed by atoms with E-state index in [0.717, 1.165) is 33.3 Å². The maximum atomic E-state index is 13.6. The van der Waals surface area contributed by atoms with Gasteiger partial charge in [-0.3, -0.25) is 9.97 Å². The predicted octanol–water partition coefficient (Wildman–Crippen LogP) is 4.99. The van der Waals surface area contributed by atoms with Crippen molar-refractivity contribution in [3.63, 3.8) is 0 Å². The van der Waals surface area contributed by atoms with E-state index in [1.165, 1.54) is 6.07 Å². The van der Waals surface area contributed by atoms with E-state index in [1.54, 1.807) is 31.5 Å². The van der Waals surface area contributed by atoms with Gasteiger partial charge in [-0.25, -0.2) is 4.39 Å². The molecule has 3 nitrogen and oxygen atoms in total. The molecule has 2 heterocycles. The Bertz CT molecular complexity index is 1090. The van der Waals surface area contributed by atoms with Gasteiger partial charge in [0.25, 0.3) is 0 Å². The molecule has 0 radical (unpaired) electrons. The SMILES string of the molecule is Cc1cc(-c2ncccc2-c2ccc3nccc(N)c3c2)ccc1F. The van der Waals surface area contributed by atoms with E-state index in [4.69, 9.17) is 5.73 Å². The lowest BCUT2D eigenvalue weighted by molar-refractivity contribution is 0.619. The number of aryl methyl sites for hydroxylation is 1. The summed E-state index contributed by atoms with van der Waals surface area (Å²) < 4.78 is 13.6. The number of nitrogens with zero attached hydrogens (tertiary/aromatic N) is 2. The molecule has 0 saturated heterocycles. The van der Waals surface area contributed by atoms with Crippen LogP contribution in [0.15, 0.2) is 67.0 Å². The van der Waals surface area contributed by atoms with Crippen molar-refractivity contribution < 1.29 is 4.39 Å². The van der Waals surface area contributed by atoms with Gasteiger partial charge in [0.1, 0.15) is 5.82 Å². The standard InChI is InChI=1S/C21H16FN3/c1-13-11-15(4-6-18(13)22)21-16(3-2-9-25-21)14-5-7-20-17(12-14)19(23)8-10-24-20/h2-12H,1H3,(H2,23,24). The average Bonchev–Trinajstić information content (AvgIpc) is 2.64. The van der Waals surface area contributed by atoms with Gasteiger partial charge < -0.3 is 5.73 Å². The van der Waals surface area contributed by atoms with Crippen LogP contribution in [-0.4, -0.2) is 9.97 Å². The average molecular weight is 329 g/mol. The lowest BCUT2D eigenvalue weighted by Crippen LogP contribution is -1.93. The van der Waals surface area contributed by atoms with Gasteiger partial charge in [0, 0.05) is 34.6 Å². The maximum Gasteiger partial charge on any atom is 0.126 e. The maximum absolute atomic E-state index is 13.6. The molecule has 0 spiro atoms. The van der Waals surface area contributed by atoms with Crippen molar-refractivity contribution in [1.29, 1.82) is 0 Å². The summed E-state index contributed by atoms with van der Waals surface area (Å²) >= 11 is 0. The molecular formula is C21H16FN3. The summed E-state index contributed by atoms with van der Waals surface area (Å²) in [6, 6.07) is 16.7. The minimum absolute atomic E-state index is 0.217. The monoisotopic (exact) mass is 329 g/mol. The molecule has 0 saturated carbocycles. The first-order valence-electron chi connectivity index (χ1n) is 7.99. The topological polar surface area (TPSA) is 51.8 Å². The van der Waals surface area contributed by atoms with Crippen LogP contribution in [0.2, 0.25) is 0 Å². The van der Waals surface area contributed by atoms with Crippen LogP contribution in [0.3, 0.4) is 0 Å². The van der Waals surface area contributed by atoms with Crippen molar-refractivity contribution in [3.05, 3.63) is 78.4 Å². The molecule has 0 atom stereocenters. The zero-order valence-electron chi connectivity index (χ0n) is 13.7. The van der Waals surface area contributed by atoms with Crippen LogP contribution in [0.4, 0.5) is 10.1 Å². The van der Waals surface area contributed by atoms with Crippen LogP contribution < -0.4 is 5.73 Å². The van der Waals surface area contributed by atoms with Gasteiger partial charge in [-0.1, -0.05) is 12.1 Å². The van der Waals surface area contributed by atoms with Crippen LogP contribution in [0.25, 0.3) is 33.3 Å². The Morgan fingerprint density at radius 2 is 1.72 bits per heavy atom. The number of halogens is 1. The van der Waals surface area contributed by atoms with Gasteiger partial charge >= 0.3 is 0 Å². The van der Waals surface area contributed by atoms with Crippen molar-refractivity contribution in [2.75, 3.05) is 5.73 Å². The second kappa shape index (κ2) is 5.98. The quantitative estimate of drug-likeness (QED) is 0.563. The van der Waals surface area contributed by atoms with Crippen LogP contribution in [0, 0.1) is 12.7 Å². The summed E-state index contributed by atoms with van der Waals surface area (Å²) in [5, 5.41) is 0.907. The summed E-state index contributed by atoms with van der Waals surface area (Å²) in [5.41, 5.74) is 11.9. The fourth-order valence-electron chi connectivity index (χ4n) is 3.00. The minimum Gasteiger partial charge on any atom is -0.398 e. The summed E-state index contributed by atoms with van der Waals surface area (Å²) in [6.07, 6.45) is 3.45. The van der Waals surface area contributed by atoms with E-state index < -0.39 is 0 Å². The normalized spacial score (nSPS) is 11.0. The zero-order valence-corrected chi connectivity index (χ0v) is 13.7. The molecule has 0 bridgehead atoms. The van der Waals surface area contributed by atoms with Gasteiger partial charge in [0.05, 0.1) is 11.2 Å². The third-order valence-electron chi connectivity index (χ3n) is 4.33. The highest BCUT2D eigenvalue weighted by atomic mass is 19.1. The van der Waals surface area contributed by atoms with Crippen molar-refractivity contribution >= 4 is 16.6 Å². The zero-order chi connectivity index (χ0) is 17.4. The molecule has 0 aliphatic rings. The summed E-state index contributed by atoms with van der Waals surface area (Å²) in [5.74, 6) is -0.217. The second-order valence-corrected chi connectivity index (χ2v) is 6.00. The Hall–Kier alpha value is -3.27. The number of fused-ring (bicyclic) bond motifs is 1. The molecule has 0 amide bonds. The van der Waals surface area contributed by atoms with E-state index in [9.17, 15) is 4.39 Å². The molecule has 0 aliphatic carbocycles. The third-order valence-corrected chi connectivity index (χ3v) is 4.33. The van der Waals surface area contributed by atoms with E-state index in [-0.39, 0.29) is 5.82 Å². The number of pyridine rings is 2. The van der Waals surface area contributed by atoms with Gasteiger partial charge in [-0.05, 0) is 60.5 Å². The Balaban J connectivity index is 1.92. The van der Waals surface area contributed by atoms with Crippen molar-refractivity contribution in [3.8, 4) is 22.4 Å². The molecule has 25 heavy (non-hydrogen) atoms.